The van der Waals surface area contributed by atoms with E-state index in [1.54, 1.807) is 6.07 Å². The molecule has 0 N–H and O–H groups in total. The molecule has 138 valence electrons. The summed E-state index contributed by atoms with van der Waals surface area (Å²) < 4.78 is 13.6. The normalized spacial score (nSPS) is 18.7. The van der Waals surface area contributed by atoms with Crippen molar-refractivity contribution in [1.29, 1.82) is 0 Å². The SMILES string of the molecule is Cc1ccc(C2=NC3(CCCCC3)N(C(=O)c3cccc(F)c3)C2=O)cc1. The van der Waals surface area contributed by atoms with Crippen LogP contribution in [-0.2, 0) is 4.79 Å². The van der Waals surface area contributed by atoms with Gasteiger partial charge in [-0.25, -0.2) is 9.29 Å². The first-order valence-corrected chi connectivity index (χ1v) is 9.32. The van der Waals surface area contributed by atoms with Gasteiger partial charge < -0.3 is 0 Å². The van der Waals surface area contributed by atoms with Crippen LogP contribution in [-0.4, -0.2) is 28.1 Å². The van der Waals surface area contributed by atoms with E-state index in [1.165, 1.54) is 23.1 Å². The molecule has 1 fully saturated rings. The van der Waals surface area contributed by atoms with Gasteiger partial charge in [0.2, 0.25) is 0 Å². The van der Waals surface area contributed by atoms with Crippen molar-refractivity contribution in [2.75, 3.05) is 0 Å². The molecule has 4 rings (SSSR count). The zero-order chi connectivity index (χ0) is 19.0. The Balaban J connectivity index is 1.77. The highest BCUT2D eigenvalue weighted by Gasteiger charge is 2.51. The van der Waals surface area contributed by atoms with Crippen molar-refractivity contribution in [3.63, 3.8) is 0 Å². The molecule has 1 heterocycles. The third-order valence-electron chi connectivity index (χ3n) is 5.40. The zero-order valence-electron chi connectivity index (χ0n) is 15.2. The summed E-state index contributed by atoms with van der Waals surface area (Å²) in [6, 6.07) is 13.1. The lowest BCUT2D eigenvalue weighted by atomic mass is 9.88. The fourth-order valence-corrected chi connectivity index (χ4v) is 3.99. The van der Waals surface area contributed by atoms with Gasteiger partial charge >= 0.3 is 0 Å². The van der Waals surface area contributed by atoms with E-state index in [2.05, 4.69) is 0 Å². The predicted octanol–water partition coefficient (Wildman–Crippen LogP) is 4.27. The van der Waals surface area contributed by atoms with Crippen LogP contribution in [0.2, 0.25) is 0 Å². The molecule has 0 radical (unpaired) electrons. The molecule has 1 aliphatic carbocycles. The summed E-state index contributed by atoms with van der Waals surface area (Å²) in [5.41, 5.74) is 1.45. The summed E-state index contributed by atoms with van der Waals surface area (Å²) in [4.78, 5) is 32.5. The minimum atomic E-state index is -0.848. The number of hydrogen-bond donors (Lipinski definition) is 0. The van der Waals surface area contributed by atoms with Gasteiger partial charge in [0.05, 0.1) is 0 Å². The first-order valence-electron chi connectivity index (χ1n) is 9.32. The largest absolute Gasteiger partial charge is 0.281 e. The lowest BCUT2D eigenvalue weighted by molar-refractivity contribution is -0.125. The fraction of sp³-hybridized carbons (Fsp3) is 0.318. The van der Waals surface area contributed by atoms with Crippen molar-refractivity contribution in [2.45, 2.75) is 44.7 Å². The smallest absolute Gasteiger partial charge is 0.269 e. The Labute approximate surface area is 157 Å². The molecular formula is C22H21FN2O2. The van der Waals surface area contributed by atoms with Crippen LogP contribution in [0.15, 0.2) is 53.5 Å². The molecule has 1 saturated carbocycles. The topological polar surface area (TPSA) is 49.7 Å². The van der Waals surface area contributed by atoms with Gasteiger partial charge in [0.1, 0.15) is 17.2 Å². The number of hydrogen-bond acceptors (Lipinski definition) is 3. The van der Waals surface area contributed by atoms with Gasteiger partial charge in [0.15, 0.2) is 0 Å². The molecule has 27 heavy (non-hydrogen) atoms. The van der Waals surface area contributed by atoms with E-state index < -0.39 is 23.3 Å². The number of halogens is 1. The Bertz CT molecular complexity index is 928. The Hall–Kier alpha value is -2.82. The highest BCUT2D eigenvalue weighted by atomic mass is 19.1. The van der Waals surface area contributed by atoms with Gasteiger partial charge in [0.25, 0.3) is 11.8 Å². The molecule has 1 aliphatic heterocycles. The van der Waals surface area contributed by atoms with Crippen molar-refractivity contribution in [3.05, 3.63) is 71.0 Å². The molecule has 0 saturated heterocycles. The van der Waals surface area contributed by atoms with Crippen LogP contribution in [0.3, 0.4) is 0 Å². The maximum atomic E-state index is 13.6. The highest BCUT2D eigenvalue weighted by Crippen LogP contribution is 2.40. The maximum absolute atomic E-state index is 13.6. The van der Waals surface area contributed by atoms with Crippen LogP contribution in [0.1, 0.15) is 53.6 Å². The van der Waals surface area contributed by atoms with Gasteiger partial charge in [0, 0.05) is 11.1 Å². The van der Waals surface area contributed by atoms with E-state index in [0.717, 1.165) is 24.8 Å². The second-order valence-corrected chi connectivity index (χ2v) is 7.33. The average Bonchev–Trinajstić information content (AvgIpc) is 2.94. The van der Waals surface area contributed by atoms with Crippen molar-refractivity contribution < 1.29 is 14.0 Å². The third kappa shape index (κ3) is 3.07. The van der Waals surface area contributed by atoms with E-state index in [4.69, 9.17) is 4.99 Å². The van der Waals surface area contributed by atoms with Crippen LogP contribution < -0.4 is 0 Å². The summed E-state index contributed by atoms with van der Waals surface area (Å²) in [5.74, 6) is -1.37. The van der Waals surface area contributed by atoms with Crippen LogP contribution in [0.5, 0.6) is 0 Å². The van der Waals surface area contributed by atoms with Gasteiger partial charge in [-0.15, -0.1) is 0 Å². The maximum Gasteiger partial charge on any atom is 0.281 e. The molecular weight excluding hydrogens is 343 g/mol. The highest BCUT2D eigenvalue weighted by molar-refractivity contribution is 6.49. The number of aliphatic imine (C=N–C) groups is 1. The Morgan fingerprint density at radius 1 is 1.07 bits per heavy atom. The predicted molar refractivity (Wildman–Crippen MR) is 101 cm³/mol. The van der Waals surface area contributed by atoms with Crippen LogP contribution >= 0.6 is 0 Å². The first kappa shape index (κ1) is 17.6. The zero-order valence-corrected chi connectivity index (χ0v) is 15.2. The number of aryl methyl sites for hydroxylation is 1. The van der Waals surface area contributed by atoms with Crippen molar-refractivity contribution in [1.82, 2.24) is 4.90 Å². The molecule has 2 aromatic rings. The summed E-state index contributed by atoms with van der Waals surface area (Å²) in [7, 11) is 0. The average molecular weight is 364 g/mol. The van der Waals surface area contributed by atoms with Gasteiger partial charge in [-0.1, -0.05) is 42.3 Å². The minimum absolute atomic E-state index is 0.175. The van der Waals surface area contributed by atoms with Gasteiger partial charge in [-0.3, -0.25) is 14.6 Å². The molecule has 0 atom stereocenters. The standard InChI is InChI=1S/C22H21FN2O2/c1-15-8-10-16(11-9-15)19-21(27)25(22(24-19)12-3-2-4-13-22)20(26)17-6-5-7-18(23)14-17/h5-11,14H,2-4,12-13H2,1H3. The second kappa shape index (κ2) is 6.72. The number of amides is 2. The lowest BCUT2D eigenvalue weighted by Gasteiger charge is -2.37. The quantitative estimate of drug-likeness (QED) is 0.748. The first-order chi connectivity index (χ1) is 13.0. The monoisotopic (exact) mass is 364 g/mol. The Morgan fingerprint density at radius 3 is 2.44 bits per heavy atom. The van der Waals surface area contributed by atoms with E-state index in [0.29, 0.717) is 24.1 Å². The fourth-order valence-electron chi connectivity index (χ4n) is 3.99. The molecule has 0 bridgehead atoms. The van der Waals surface area contributed by atoms with Crippen molar-refractivity contribution in [2.24, 2.45) is 4.99 Å². The van der Waals surface area contributed by atoms with E-state index in [9.17, 15) is 14.0 Å². The molecule has 2 aromatic carbocycles. The van der Waals surface area contributed by atoms with Crippen LogP contribution in [0.4, 0.5) is 4.39 Å². The van der Waals surface area contributed by atoms with Gasteiger partial charge in [-0.2, -0.15) is 0 Å². The summed E-state index contributed by atoms with van der Waals surface area (Å²) in [5, 5.41) is 0. The number of rotatable bonds is 2. The Kier molecular flexibility index (Phi) is 4.38. The molecule has 5 heteroatoms. The summed E-state index contributed by atoms with van der Waals surface area (Å²) in [6.45, 7) is 1.98. The van der Waals surface area contributed by atoms with E-state index >= 15 is 0 Å². The summed E-state index contributed by atoms with van der Waals surface area (Å²) in [6.07, 6.45) is 4.17. The van der Waals surface area contributed by atoms with E-state index in [1.807, 2.05) is 31.2 Å². The summed E-state index contributed by atoms with van der Waals surface area (Å²) >= 11 is 0. The van der Waals surface area contributed by atoms with Gasteiger partial charge in [-0.05, 0) is 50.8 Å². The lowest BCUT2D eigenvalue weighted by Crippen LogP contribution is -2.51. The van der Waals surface area contributed by atoms with Crippen molar-refractivity contribution >= 4 is 17.5 Å². The molecule has 1 spiro atoms. The number of carbonyl (C=O) groups excluding carboxylic acids is 2. The molecule has 2 amide bonds. The molecule has 0 aromatic heterocycles. The van der Waals surface area contributed by atoms with Crippen molar-refractivity contribution in [3.8, 4) is 0 Å². The molecule has 4 nitrogen and oxygen atoms in total. The van der Waals surface area contributed by atoms with Crippen LogP contribution in [0, 0.1) is 12.7 Å². The minimum Gasteiger partial charge on any atom is -0.269 e. The number of nitrogens with zero attached hydrogens (tertiary/aromatic N) is 2. The van der Waals surface area contributed by atoms with Crippen LogP contribution in [0.25, 0.3) is 0 Å². The number of imide groups is 1. The second-order valence-electron chi connectivity index (χ2n) is 7.33. The Morgan fingerprint density at radius 2 is 1.78 bits per heavy atom. The molecule has 0 unspecified atom stereocenters. The molecule has 2 aliphatic rings. The third-order valence-corrected chi connectivity index (χ3v) is 5.40. The number of carbonyl (C=O) groups is 2. The number of benzene rings is 2. The van der Waals surface area contributed by atoms with E-state index in [-0.39, 0.29) is 5.56 Å².